The molecular weight excluding hydrogens is 278 g/mol. The maximum absolute atomic E-state index is 13.0. The van der Waals surface area contributed by atoms with Crippen LogP contribution in [-0.4, -0.2) is 12.5 Å². The number of benzene rings is 2. The lowest BCUT2D eigenvalue weighted by atomic mass is 10.1. The van der Waals surface area contributed by atoms with Crippen LogP contribution in [0.15, 0.2) is 47.8 Å². The third-order valence-electron chi connectivity index (χ3n) is 4.15. The first-order valence-corrected chi connectivity index (χ1v) is 8.00. The third-order valence-corrected chi connectivity index (χ3v) is 5.12. The van der Waals surface area contributed by atoms with Crippen LogP contribution in [0.1, 0.15) is 21.5 Å². The number of amides is 1. The highest BCUT2D eigenvalue weighted by molar-refractivity contribution is 7.17. The Morgan fingerprint density at radius 2 is 2.00 bits per heavy atom. The summed E-state index contributed by atoms with van der Waals surface area (Å²) in [5.41, 5.74) is 4.39. The second-order valence-corrected chi connectivity index (χ2v) is 6.35. The van der Waals surface area contributed by atoms with Crippen LogP contribution in [0.3, 0.4) is 0 Å². The smallest absolute Gasteiger partial charge is 0.259 e. The maximum Gasteiger partial charge on any atom is 0.259 e. The fourth-order valence-electron chi connectivity index (χ4n) is 3.14. The minimum Gasteiger partial charge on any atom is -0.307 e. The maximum atomic E-state index is 13.0. The minimum atomic E-state index is 0.125. The first-order valence-electron chi connectivity index (χ1n) is 7.12. The number of hydrogen-bond acceptors (Lipinski definition) is 2. The van der Waals surface area contributed by atoms with E-state index in [0.717, 1.165) is 29.6 Å². The van der Waals surface area contributed by atoms with Crippen molar-refractivity contribution < 1.29 is 4.79 Å². The summed E-state index contributed by atoms with van der Waals surface area (Å²) in [6, 6.07) is 14.4. The van der Waals surface area contributed by atoms with Gasteiger partial charge in [0, 0.05) is 22.0 Å². The van der Waals surface area contributed by atoms with Crippen molar-refractivity contribution in [1.82, 2.24) is 0 Å². The predicted molar refractivity (Wildman–Crippen MR) is 88.4 cm³/mol. The predicted octanol–water partition coefficient (Wildman–Crippen LogP) is 4.41. The second-order valence-electron chi connectivity index (χ2n) is 5.43. The van der Waals surface area contributed by atoms with Crippen LogP contribution in [0.25, 0.3) is 10.1 Å². The Balaban J connectivity index is 1.81. The van der Waals surface area contributed by atoms with Crippen LogP contribution >= 0.6 is 11.3 Å². The van der Waals surface area contributed by atoms with Crippen molar-refractivity contribution in [3.05, 3.63) is 64.5 Å². The molecule has 0 N–H and O–H groups in total. The molecule has 3 heteroatoms. The van der Waals surface area contributed by atoms with Crippen LogP contribution < -0.4 is 4.90 Å². The lowest BCUT2D eigenvalue weighted by Gasteiger charge is -2.19. The molecule has 1 aromatic heterocycles. The van der Waals surface area contributed by atoms with E-state index in [1.54, 1.807) is 11.3 Å². The largest absolute Gasteiger partial charge is 0.307 e. The topological polar surface area (TPSA) is 20.3 Å². The molecule has 3 aromatic rings. The summed E-state index contributed by atoms with van der Waals surface area (Å²) in [4.78, 5) is 14.9. The molecule has 0 radical (unpaired) electrons. The highest BCUT2D eigenvalue weighted by Crippen LogP contribution is 2.34. The van der Waals surface area contributed by atoms with Crippen LogP contribution in [0, 0.1) is 6.92 Å². The Morgan fingerprint density at radius 1 is 1.14 bits per heavy atom. The summed E-state index contributed by atoms with van der Waals surface area (Å²) in [6.07, 6.45) is 0.949. The second kappa shape index (κ2) is 4.71. The fraction of sp³-hybridized carbons (Fsp3) is 0.167. The molecule has 2 heterocycles. The summed E-state index contributed by atoms with van der Waals surface area (Å²) >= 11 is 1.64. The summed E-state index contributed by atoms with van der Waals surface area (Å²) in [6.45, 7) is 2.86. The Bertz CT molecular complexity index is 849. The van der Waals surface area contributed by atoms with E-state index < -0.39 is 0 Å². The number of carbonyl (C=O) groups is 1. The average Bonchev–Trinajstić information content (AvgIpc) is 3.11. The molecule has 0 fully saturated rings. The van der Waals surface area contributed by atoms with Crippen LogP contribution in [0.2, 0.25) is 0 Å². The molecule has 0 unspecified atom stereocenters. The summed E-state index contributed by atoms with van der Waals surface area (Å²) in [5.74, 6) is 0.125. The highest BCUT2D eigenvalue weighted by Gasteiger charge is 2.28. The fourth-order valence-corrected chi connectivity index (χ4v) is 4.08. The van der Waals surface area contributed by atoms with Gasteiger partial charge in [0.05, 0.1) is 11.3 Å². The molecular formula is C18H15NOS. The van der Waals surface area contributed by atoms with Gasteiger partial charge in [0.25, 0.3) is 5.91 Å². The number of nitrogens with zero attached hydrogens (tertiary/aromatic N) is 1. The van der Waals surface area contributed by atoms with Gasteiger partial charge in [-0.25, -0.2) is 0 Å². The van der Waals surface area contributed by atoms with Gasteiger partial charge in [0.15, 0.2) is 0 Å². The number of thiophene rings is 1. The van der Waals surface area contributed by atoms with Gasteiger partial charge in [0.2, 0.25) is 0 Å². The van der Waals surface area contributed by atoms with Crippen LogP contribution in [0.4, 0.5) is 5.69 Å². The lowest BCUT2D eigenvalue weighted by molar-refractivity contribution is 0.0991. The minimum absolute atomic E-state index is 0.125. The van der Waals surface area contributed by atoms with Gasteiger partial charge in [-0.3, -0.25) is 4.79 Å². The molecule has 1 aliphatic heterocycles. The van der Waals surface area contributed by atoms with Crippen LogP contribution in [0.5, 0.6) is 0 Å². The Hall–Kier alpha value is -2.13. The molecule has 2 nitrogen and oxygen atoms in total. The van der Waals surface area contributed by atoms with E-state index in [0.29, 0.717) is 0 Å². The standard InChI is InChI=1S/C18H15NOS/c1-12-5-4-6-13-9-10-19(17(12)13)18(20)15-11-21-16-8-3-2-7-14(15)16/h2-8,11H,9-10H2,1H3. The number of aryl methyl sites for hydroxylation is 1. The van der Waals surface area contributed by atoms with E-state index in [1.807, 2.05) is 28.5 Å². The molecule has 104 valence electrons. The van der Waals surface area contributed by atoms with Gasteiger partial charge < -0.3 is 4.90 Å². The summed E-state index contributed by atoms with van der Waals surface area (Å²) in [7, 11) is 0. The number of carbonyl (C=O) groups excluding carboxylic acids is 1. The molecule has 0 atom stereocenters. The number of anilines is 1. The quantitative estimate of drug-likeness (QED) is 0.650. The normalized spacial score (nSPS) is 13.7. The summed E-state index contributed by atoms with van der Waals surface area (Å²) < 4.78 is 1.17. The van der Waals surface area contributed by atoms with Gasteiger partial charge in [-0.2, -0.15) is 0 Å². The molecule has 1 aliphatic rings. The molecule has 0 saturated heterocycles. The molecule has 0 bridgehead atoms. The van der Waals surface area contributed by atoms with E-state index in [9.17, 15) is 4.79 Å². The molecule has 0 spiro atoms. The van der Waals surface area contributed by atoms with Gasteiger partial charge in [0.1, 0.15) is 0 Å². The van der Waals surface area contributed by atoms with Crippen molar-refractivity contribution in [1.29, 1.82) is 0 Å². The van der Waals surface area contributed by atoms with E-state index >= 15 is 0 Å². The van der Waals surface area contributed by atoms with Gasteiger partial charge in [-0.15, -0.1) is 11.3 Å². The zero-order valence-electron chi connectivity index (χ0n) is 11.8. The van der Waals surface area contributed by atoms with Crippen molar-refractivity contribution in [3.8, 4) is 0 Å². The van der Waals surface area contributed by atoms with Crippen LogP contribution in [-0.2, 0) is 6.42 Å². The Morgan fingerprint density at radius 3 is 2.90 bits per heavy atom. The average molecular weight is 293 g/mol. The zero-order chi connectivity index (χ0) is 14.4. The number of para-hydroxylation sites is 1. The van der Waals surface area contributed by atoms with Gasteiger partial charge >= 0.3 is 0 Å². The monoisotopic (exact) mass is 293 g/mol. The zero-order valence-corrected chi connectivity index (χ0v) is 12.6. The van der Waals surface area contributed by atoms with E-state index in [4.69, 9.17) is 0 Å². The number of hydrogen-bond donors (Lipinski definition) is 0. The van der Waals surface area contributed by atoms with Crippen molar-refractivity contribution >= 4 is 33.0 Å². The number of fused-ring (bicyclic) bond motifs is 2. The first kappa shape index (κ1) is 12.6. The molecule has 0 saturated carbocycles. The van der Waals surface area contributed by atoms with E-state index in [1.165, 1.54) is 15.8 Å². The Kier molecular flexibility index (Phi) is 2.82. The third kappa shape index (κ3) is 1.88. The highest BCUT2D eigenvalue weighted by atomic mass is 32.1. The van der Waals surface area contributed by atoms with E-state index in [-0.39, 0.29) is 5.91 Å². The lowest BCUT2D eigenvalue weighted by Crippen LogP contribution is -2.29. The number of rotatable bonds is 1. The SMILES string of the molecule is Cc1cccc2c1N(C(=O)c1csc3ccccc13)CC2. The summed E-state index contributed by atoms with van der Waals surface area (Å²) in [5, 5.41) is 3.05. The van der Waals surface area contributed by atoms with E-state index in [2.05, 4.69) is 31.2 Å². The van der Waals surface area contributed by atoms with Crippen molar-refractivity contribution in [2.75, 3.05) is 11.4 Å². The Labute approximate surface area is 127 Å². The van der Waals surface area contributed by atoms with Gasteiger partial charge in [-0.1, -0.05) is 36.4 Å². The van der Waals surface area contributed by atoms with Crippen molar-refractivity contribution in [2.24, 2.45) is 0 Å². The molecule has 4 rings (SSSR count). The molecule has 0 aliphatic carbocycles. The van der Waals surface area contributed by atoms with Crippen molar-refractivity contribution in [2.45, 2.75) is 13.3 Å². The van der Waals surface area contributed by atoms with Crippen molar-refractivity contribution in [3.63, 3.8) is 0 Å². The van der Waals surface area contributed by atoms with Gasteiger partial charge in [-0.05, 0) is 30.5 Å². The molecule has 21 heavy (non-hydrogen) atoms. The molecule has 2 aromatic carbocycles. The first-order chi connectivity index (χ1) is 10.3. The molecule has 1 amide bonds.